The minimum absolute atomic E-state index is 0.0936. The number of nitrogens with zero attached hydrogens (tertiary/aromatic N) is 2. The average Bonchev–Trinajstić information content (AvgIpc) is 2.89. The van der Waals surface area contributed by atoms with Gasteiger partial charge in [-0.1, -0.05) is 54.7 Å². The van der Waals surface area contributed by atoms with Gasteiger partial charge in [-0.2, -0.15) is 0 Å². The third kappa shape index (κ3) is 4.49. The van der Waals surface area contributed by atoms with E-state index in [4.69, 9.17) is 4.84 Å². The highest BCUT2D eigenvalue weighted by Crippen LogP contribution is 2.22. The number of urea groups is 1. The van der Waals surface area contributed by atoms with E-state index in [9.17, 15) is 14.4 Å². The second-order valence-electron chi connectivity index (χ2n) is 6.58. The normalized spacial score (nSPS) is 18.6. The number of hydrogen-bond acceptors (Lipinski definition) is 4. The summed E-state index contributed by atoms with van der Waals surface area (Å²) in [6.07, 6.45) is 5.03. The molecule has 1 aliphatic heterocycles. The number of hydrogen-bond donors (Lipinski definition) is 1. The number of amides is 4. The van der Waals surface area contributed by atoms with Crippen molar-refractivity contribution in [3.8, 4) is 0 Å². The largest absolute Gasteiger partial charge is 0.432 e. The smallest absolute Gasteiger partial charge is 0.319 e. The van der Waals surface area contributed by atoms with E-state index < -0.39 is 18.0 Å². The molecule has 7 nitrogen and oxygen atoms in total. The van der Waals surface area contributed by atoms with Crippen molar-refractivity contribution in [2.24, 2.45) is 5.92 Å². The monoisotopic (exact) mass is 345 g/mol. The summed E-state index contributed by atoms with van der Waals surface area (Å²) >= 11 is 0. The molecule has 1 N–H and O–H groups in total. The van der Waals surface area contributed by atoms with Crippen molar-refractivity contribution in [1.82, 2.24) is 15.3 Å². The molecule has 25 heavy (non-hydrogen) atoms. The van der Waals surface area contributed by atoms with E-state index in [1.165, 1.54) is 24.2 Å². The maximum Gasteiger partial charge on any atom is 0.432 e. The highest BCUT2D eigenvalue weighted by molar-refractivity contribution is 6.01. The van der Waals surface area contributed by atoms with E-state index in [0.717, 1.165) is 18.4 Å². The molecule has 0 aromatic heterocycles. The lowest BCUT2D eigenvalue weighted by molar-refractivity contribution is -0.147. The first-order chi connectivity index (χ1) is 12.1. The first kappa shape index (κ1) is 17.3. The number of imide groups is 1. The lowest BCUT2D eigenvalue weighted by atomic mass is 9.89. The molecule has 0 bridgehead atoms. The number of rotatable bonds is 5. The van der Waals surface area contributed by atoms with Gasteiger partial charge in [0.15, 0.2) is 0 Å². The van der Waals surface area contributed by atoms with Crippen molar-refractivity contribution >= 4 is 18.0 Å². The maximum atomic E-state index is 12.3. The van der Waals surface area contributed by atoms with E-state index in [2.05, 4.69) is 5.32 Å². The molecule has 0 radical (unpaired) electrons. The number of hydroxylamine groups is 2. The van der Waals surface area contributed by atoms with Crippen LogP contribution in [0.5, 0.6) is 0 Å². The third-order valence-electron chi connectivity index (χ3n) is 4.65. The molecule has 1 aromatic carbocycles. The summed E-state index contributed by atoms with van der Waals surface area (Å²) in [5.74, 6) is -0.0883. The minimum Gasteiger partial charge on any atom is -0.319 e. The zero-order chi connectivity index (χ0) is 17.6. The highest BCUT2D eigenvalue weighted by Gasteiger charge is 2.39. The molecule has 2 aliphatic rings. The Labute approximate surface area is 146 Å². The van der Waals surface area contributed by atoms with E-state index in [-0.39, 0.29) is 6.54 Å². The Bertz CT molecular complexity index is 628. The fourth-order valence-corrected chi connectivity index (χ4v) is 3.28. The van der Waals surface area contributed by atoms with Gasteiger partial charge in [0.25, 0.3) is 5.91 Å². The molecule has 0 spiro atoms. The predicted octanol–water partition coefficient (Wildman–Crippen LogP) is 2.67. The van der Waals surface area contributed by atoms with Crippen molar-refractivity contribution in [3.63, 3.8) is 0 Å². The molecule has 4 amide bonds. The van der Waals surface area contributed by atoms with Gasteiger partial charge in [-0.15, -0.1) is 0 Å². The number of benzene rings is 1. The fraction of sp³-hybridized carbons (Fsp3) is 0.500. The van der Waals surface area contributed by atoms with Crippen LogP contribution in [0.25, 0.3) is 0 Å². The molecule has 1 saturated carbocycles. The van der Waals surface area contributed by atoms with Gasteiger partial charge < -0.3 is 15.1 Å². The molecule has 0 atom stereocenters. The Morgan fingerprint density at radius 1 is 1.12 bits per heavy atom. The second kappa shape index (κ2) is 8.00. The van der Waals surface area contributed by atoms with Crippen LogP contribution in [-0.4, -0.2) is 41.1 Å². The van der Waals surface area contributed by atoms with Crippen LogP contribution < -0.4 is 5.32 Å². The Morgan fingerprint density at radius 3 is 2.56 bits per heavy atom. The Kier molecular flexibility index (Phi) is 5.53. The minimum atomic E-state index is -0.756. The van der Waals surface area contributed by atoms with Crippen LogP contribution in [0.2, 0.25) is 0 Å². The Morgan fingerprint density at radius 2 is 1.84 bits per heavy atom. The van der Waals surface area contributed by atoms with Gasteiger partial charge in [-0.25, -0.2) is 9.59 Å². The van der Waals surface area contributed by atoms with Crippen molar-refractivity contribution in [3.05, 3.63) is 35.9 Å². The van der Waals surface area contributed by atoms with Gasteiger partial charge >= 0.3 is 12.1 Å². The summed E-state index contributed by atoms with van der Waals surface area (Å²) in [5.41, 5.74) is 0.909. The summed E-state index contributed by atoms with van der Waals surface area (Å²) in [7, 11) is 0. The summed E-state index contributed by atoms with van der Waals surface area (Å²) in [6, 6.07) is 8.75. The first-order valence-electron chi connectivity index (χ1n) is 8.75. The number of carbonyl (C=O) groups is 3. The lowest BCUT2D eigenvalue weighted by Gasteiger charge is -2.22. The van der Waals surface area contributed by atoms with Crippen molar-refractivity contribution in [2.45, 2.75) is 38.6 Å². The van der Waals surface area contributed by atoms with Crippen LogP contribution in [-0.2, 0) is 16.2 Å². The van der Waals surface area contributed by atoms with Crippen molar-refractivity contribution in [1.29, 1.82) is 0 Å². The molecular weight excluding hydrogens is 322 g/mol. The van der Waals surface area contributed by atoms with Crippen molar-refractivity contribution < 1.29 is 19.2 Å². The SMILES string of the molecule is O=C(NCC1CCCCC1)ON1C(=O)CN(Cc2ccccc2)C1=O. The molecule has 7 heteroatoms. The number of carbonyl (C=O) groups excluding carboxylic acids is 3. The zero-order valence-electron chi connectivity index (χ0n) is 14.1. The summed E-state index contributed by atoms with van der Waals surface area (Å²) in [4.78, 5) is 42.5. The molecule has 134 valence electrons. The average molecular weight is 345 g/mol. The Balaban J connectivity index is 1.49. The van der Waals surface area contributed by atoms with Gasteiger partial charge in [0, 0.05) is 13.1 Å². The summed E-state index contributed by atoms with van der Waals surface area (Å²) in [5, 5.41) is 3.21. The van der Waals surface area contributed by atoms with Gasteiger partial charge in [0.2, 0.25) is 0 Å². The molecule has 1 heterocycles. The fourth-order valence-electron chi connectivity index (χ4n) is 3.28. The topological polar surface area (TPSA) is 79.0 Å². The summed E-state index contributed by atoms with van der Waals surface area (Å²) in [6.45, 7) is 0.724. The third-order valence-corrected chi connectivity index (χ3v) is 4.65. The van der Waals surface area contributed by atoms with Gasteiger partial charge in [0.1, 0.15) is 6.54 Å². The molecule has 2 fully saturated rings. The van der Waals surface area contributed by atoms with Gasteiger partial charge in [-0.05, 0) is 24.3 Å². The van der Waals surface area contributed by atoms with E-state index >= 15 is 0 Å². The standard InChI is InChI=1S/C18H23N3O4/c22-16-13-20(12-15-9-5-2-6-10-15)18(24)21(16)25-17(23)19-11-14-7-3-1-4-8-14/h2,5-6,9-10,14H,1,3-4,7-8,11-13H2,(H,19,23). The van der Waals surface area contributed by atoms with Gasteiger partial charge in [-0.3, -0.25) is 4.79 Å². The molecule has 3 rings (SSSR count). The van der Waals surface area contributed by atoms with Crippen molar-refractivity contribution in [2.75, 3.05) is 13.1 Å². The van der Waals surface area contributed by atoms with Crippen LogP contribution in [0.1, 0.15) is 37.7 Å². The van der Waals surface area contributed by atoms with Crippen LogP contribution in [0.4, 0.5) is 9.59 Å². The van der Waals surface area contributed by atoms with Crippen LogP contribution in [0.3, 0.4) is 0 Å². The first-order valence-corrected chi connectivity index (χ1v) is 8.75. The van der Waals surface area contributed by atoms with E-state index in [1.54, 1.807) is 0 Å². The van der Waals surface area contributed by atoms with Gasteiger partial charge in [0.05, 0.1) is 0 Å². The van der Waals surface area contributed by atoms with E-state index in [0.29, 0.717) is 24.1 Å². The maximum absolute atomic E-state index is 12.3. The number of nitrogens with one attached hydrogen (secondary N) is 1. The molecule has 1 saturated heterocycles. The van der Waals surface area contributed by atoms with Crippen LogP contribution in [0.15, 0.2) is 30.3 Å². The molecular formula is C18H23N3O4. The predicted molar refractivity (Wildman–Crippen MR) is 90.2 cm³/mol. The van der Waals surface area contributed by atoms with E-state index in [1.807, 2.05) is 30.3 Å². The van der Waals surface area contributed by atoms with Crippen LogP contribution in [0, 0.1) is 5.92 Å². The summed E-state index contributed by atoms with van der Waals surface area (Å²) < 4.78 is 0. The second-order valence-corrected chi connectivity index (χ2v) is 6.58. The van der Waals surface area contributed by atoms with Crippen LogP contribution >= 0.6 is 0 Å². The Hall–Kier alpha value is -2.57. The zero-order valence-corrected chi connectivity index (χ0v) is 14.1. The molecule has 0 unspecified atom stereocenters. The molecule has 1 aromatic rings. The molecule has 1 aliphatic carbocycles. The highest BCUT2D eigenvalue weighted by atomic mass is 16.7. The quantitative estimate of drug-likeness (QED) is 0.832. The lowest BCUT2D eigenvalue weighted by Crippen LogP contribution is -2.40.